The lowest BCUT2D eigenvalue weighted by Crippen LogP contribution is -2.27. The van der Waals surface area contributed by atoms with Crippen LogP contribution in [0.5, 0.6) is 5.75 Å². The van der Waals surface area contributed by atoms with Crippen LogP contribution in [-0.4, -0.2) is 43.3 Å². The predicted molar refractivity (Wildman–Crippen MR) is 129 cm³/mol. The fourth-order valence-corrected chi connectivity index (χ4v) is 3.73. The minimum atomic E-state index is -3.36. The van der Waals surface area contributed by atoms with E-state index in [4.69, 9.17) is 9.47 Å². The molecule has 0 fully saturated rings. The first-order chi connectivity index (χ1) is 15.8. The Balaban J connectivity index is 2.00. The van der Waals surface area contributed by atoms with Gasteiger partial charge in [-0.15, -0.1) is 0 Å². The molecule has 0 spiro atoms. The van der Waals surface area contributed by atoms with Crippen LogP contribution in [0.15, 0.2) is 64.4 Å². The zero-order valence-electron chi connectivity index (χ0n) is 19.9. The molecule has 0 saturated carbocycles. The van der Waals surface area contributed by atoms with Crippen LogP contribution in [0.25, 0.3) is 16.8 Å². The minimum absolute atomic E-state index is 0.00785. The Morgan fingerprint density at radius 2 is 1.65 bits per heavy atom. The number of sulfone groups is 1. The first-order valence-electron chi connectivity index (χ1n) is 10.8. The Hall–Kier alpha value is -3.04. The van der Waals surface area contributed by atoms with Crippen molar-refractivity contribution < 1.29 is 22.3 Å². The van der Waals surface area contributed by atoms with E-state index in [2.05, 4.69) is 5.10 Å². The van der Waals surface area contributed by atoms with E-state index >= 15 is 0 Å². The number of rotatable bonds is 8. The highest BCUT2D eigenvalue weighted by molar-refractivity contribution is 7.90. The van der Waals surface area contributed by atoms with Crippen molar-refractivity contribution in [2.75, 3.05) is 19.5 Å². The van der Waals surface area contributed by atoms with Gasteiger partial charge in [-0.2, -0.15) is 9.78 Å². The number of hydrogen-bond acceptors (Lipinski definition) is 6. The molecule has 0 bridgehead atoms. The molecule has 3 aromatic rings. The van der Waals surface area contributed by atoms with E-state index in [9.17, 15) is 17.6 Å². The van der Waals surface area contributed by atoms with Crippen LogP contribution >= 0.6 is 0 Å². The van der Waals surface area contributed by atoms with E-state index in [1.807, 2.05) is 27.7 Å². The maximum atomic E-state index is 13.4. The summed E-state index contributed by atoms with van der Waals surface area (Å²) in [4.78, 5) is 13.5. The smallest absolute Gasteiger partial charge is 0.314 e. The van der Waals surface area contributed by atoms with Crippen molar-refractivity contribution in [2.24, 2.45) is 5.92 Å². The van der Waals surface area contributed by atoms with Gasteiger partial charge >= 0.3 is 5.56 Å². The molecule has 0 unspecified atom stereocenters. The van der Waals surface area contributed by atoms with Gasteiger partial charge in [-0.3, -0.25) is 4.79 Å². The molecule has 34 heavy (non-hydrogen) atoms. The Bertz CT molecular complexity index is 1300. The average Bonchev–Trinajstić information content (AvgIpc) is 2.76. The summed E-state index contributed by atoms with van der Waals surface area (Å²) in [6.07, 6.45) is 2.61. The van der Waals surface area contributed by atoms with Crippen molar-refractivity contribution in [2.45, 2.75) is 38.2 Å². The molecular formula is C25H29FN2O5S. The van der Waals surface area contributed by atoms with Crippen LogP contribution in [0, 0.1) is 11.7 Å². The molecule has 0 radical (unpaired) electrons. The summed E-state index contributed by atoms with van der Waals surface area (Å²) in [6, 6.07) is 11.5. The van der Waals surface area contributed by atoms with E-state index in [1.54, 1.807) is 12.1 Å². The van der Waals surface area contributed by atoms with Crippen LogP contribution in [0.2, 0.25) is 0 Å². The van der Waals surface area contributed by atoms with Crippen LogP contribution in [0.4, 0.5) is 4.39 Å². The summed E-state index contributed by atoms with van der Waals surface area (Å²) >= 11 is 0. The van der Waals surface area contributed by atoms with Gasteiger partial charge in [-0.25, -0.2) is 12.8 Å². The zero-order chi connectivity index (χ0) is 25.1. The maximum absolute atomic E-state index is 13.4. The van der Waals surface area contributed by atoms with E-state index in [0.717, 1.165) is 10.9 Å². The molecule has 182 valence electrons. The highest BCUT2D eigenvalue weighted by atomic mass is 32.2. The van der Waals surface area contributed by atoms with Gasteiger partial charge in [0.2, 0.25) is 0 Å². The van der Waals surface area contributed by atoms with Crippen molar-refractivity contribution in [3.63, 3.8) is 0 Å². The van der Waals surface area contributed by atoms with Gasteiger partial charge < -0.3 is 9.47 Å². The number of aromatic nitrogens is 2. The number of ether oxygens (including phenoxy) is 2. The molecule has 0 amide bonds. The van der Waals surface area contributed by atoms with E-state index in [-0.39, 0.29) is 28.8 Å². The van der Waals surface area contributed by atoms with Crippen LogP contribution in [0.1, 0.15) is 27.7 Å². The monoisotopic (exact) mass is 488 g/mol. The highest BCUT2D eigenvalue weighted by Gasteiger charge is 2.19. The molecule has 3 rings (SSSR count). The molecule has 0 N–H and O–H groups in total. The molecule has 0 saturated heterocycles. The van der Waals surface area contributed by atoms with Crippen molar-refractivity contribution >= 4 is 9.84 Å². The molecular weight excluding hydrogens is 459 g/mol. The summed E-state index contributed by atoms with van der Waals surface area (Å²) in [6.45, 7) is 8.49. The van der Waals surface area contributed by atoms with Crippen molar-refractivity contribution in [1.82, 2.24) is 9.78 Å². The lowest BCUT2D eigenvalue weighted by atomic mass is 10.1. The van der Waals surface area contributed by atoms with Gasteiger partial charge in [-0.05, 0) is 62.7 Å². The molecule has 1 aromatic heterocycles. The van der Waals surface area contributed by atoms with Gasteiger partial charge in [0.1, 0.15) is 5.82 Å². The highest BCUT2D eigenvalue weighted by Crippen LogP contribution is 2.28. The van der Waals surface area contributed by atoms with Gasteiger partial charge in [0, 0.05) is 17.7 Å². The van der Waals surface area contributed by atoms with Crippen molar-refractivity contribution in [3.8, 4) is 22.6 Å². The lowest BCUT2D eigenvalue weighted by Gasteiger charge is -2.23. The van der Waals surface area contributed by atoms with Crippen molar-refractivity contribution in [3.05, 3.63) is 70.9 Å². The number of halogens is 1. The third kappa shape index (κ3) is 6.51. The second-order valence-electron chi connectivity index (χ2n) is 9.22. The van der Waals surface area contributed by atoms with Gasteiger partial charge in [0.05, 0.1) is 35.6 Å². The first kappa shape index (κ1) is 25.6. The Morgan fingerprint density at radius 3 is 2.21 bits per heavy atom. The average molecular weight is 489 g/mol. The zero-order valence-corrected chi connectivity index (χ0v) is 20.7. The Kier molecular flexibility index (Phi) is 7.57. The fraction of sp³-hybridized carbons (Fsp3) is 0.360. The van der Waals surface area contributed by atoms with Gasteiger partial charge in [0.25, 0.3) is 0 Å². The Labute approximate surface area is 199 Å². The first-order valence-corrected chi connectivity index (χ1v) is 12.7. The molecule has 1 atom stereocenters. The molecule has 7 nitrogen and oxygen atoms in total. The predicted octanol–water partition coefficient (Wildman–Crippen LogP) is 4.27. The summed E-state index contributed by atoms with van der Waals surface area (Å²) in [7, 11) is -3.36. The van der Waals surface area contributed by atoms with E-state index in [0.29, 0.717) is 23.4 Å². The number of hydrogen-bond donors (Lipinski definition) is 0. The second-order valence-corrected chi connectivity index (χ2v) is 11.2. The summed E-state index contributed by atoms with van der Waals surface area (Å²) < 4.78 is 49.9. The lowest BCUT2D eigenvalue weighted by molar-refractivity contribution is -0.0258. The van der Waals surface area contributed by atoms with Crippen molar-refractivity contribution in [1.29, 1.82) is 0 Å². The molecule has 0 aliphatic carbocycles. The topological polar surface area (TPSA) is 87.5 Å². The largest absolute Gasteiger partial charge is 0.487 e. The standard InChI is InChI=1S/C25H29FN2O5S/c1-17(16-33-25(2,3)4)15-32-23-22(18-6-12-21(13-7-18)34(5,30)31)14-27-28(24(23)29)20-10-8-19(26)9-11-20/h6-14,17H,15-16H2,1-5H3/t17-/m0/s1. The van der Waals surface area contributed by atoms with Crippen LogP contribution in [-0.2, 0) is 14.6 Å². The van der Waals surface area contributed by atoms with E-state index in [1.165, 1.54) is 42.6 Å². The molecule has 0 aliphatic heterocycles. The normalized spacial score (nSPS) is 13.0. The molecule has 0 aliphatic rings. The second kappa shape index (κ2) is 10.1. The summed E-state index contributed by atoms with van der Waals surface area (Å²) in [5.74, 6) is -0.371. The van der Waals surface area contributed by atoms with Crippen LogP contribution < -0.4 is 10.3 Å². The minimum Gasteiger partial charge on any atom is -0.487 e. The summed E-state index contributed by atoms with van der Waals surface area (Å²) in [5.41, 5.74) is 0.580. The quantitative estimate of drug-likeness (QED) is 0.471. The molecule has 1 heterocycles. The van der Waals surface area contributed by atoms with Crippen LogP contribution in [0.3, 0.4) is 0 Å². The third-order valence-corrected chi connectivity index (χ3v) is 6.04. The third-order valence-electron chi connectivity index (χ3n) is 4.91. The molecule has 2 aromatic carbocycles. The summed E-state index contributed by atoms with van der Waals surface area (Å²) in [5, 5.41) is 4.24. The fourth-order valence-electron chi connectivity index (χ4n) is 3.10. The van der Waals surface area contributed by atoms with Gasteiger partial charge in [-0.1, -0.05) is 19.1 Å². The van der Waals surface area contributed by atoms with E-state index < -0.39 is 21.2 Å². The Morgan fingerprint density at radius 1 is 1.03 bits per heavy atom. The molecule has 9 heteroatoms. The van der Waals surface area contributed by atoms with Gasteiger partial charge in [0.15, 0.2) is 15.6 Å². The number of nitrogens with zero attached hydrogens (tertiary/aromatic N) is 2. The SMILES string of the molecule is C[C@@H](COc1c(-c2ccc(S(C)(=O)=O)cc2)cnn(-c2ccc(F)cc2)c1=O)COC(C)(C)C. The number of benzene rings is 2. The maximum Gasteiger partial charge on any atom is 0.314 e.